The minimum Gasteiger partial charge on any atom is -0.494 e. The third-order valence-corrected chi connectivity index (χ3v) is 7.98. The van der Waals surface area contributed by atoms with Crippen molar-refractivity contribution in [3.8, 4) is 11.5 Å². The number of ether oxygens (including phenoxy) is 4. The van der Waals surface area contributed by atoms with E-state index in [0.29, 0.717) is 29.2 Å². The molecule has 0 radical (unpaired) electrons. The van der Waals surface area contributed by atoms with Crippen LogP contribution in [0.3, 0.4) is 0 Å². The van der Waals surface area contributed by atoms with Gasteiger partial charge >= 0.3 is 11.9 Å². The Balaban J connectivity index is 1.40. The highest BCUT2D eigenvalue weighted by molar-refractivity contribution is 5.94. The fourth-order valence-corrected chi connectivity index (χ4v) is 5.07. The summed E-state index contributed by atoms with van der Waals surface area (Å²) in [7, 11) is 0. The molecule has 0 heterocycles. The Morgan fingerprint density at radius 3 is 1.75 bits per heavy atom. The van der Waals surface area contributed by atoms with Crippen LogP contribution in [0.1, 0.15) is 131 Å². The highest BCUT2D eigenvalue weighted by Gasteiger charge is 2.15. The molecule has 0 saturated carbocycles. The molecule has 3 rings (SSSR count). The summed E-state index contributed by atoms with van der Waals surface area (Å²) in [4.78, 5) is 25.3. The highest BCUT2D eigenvalue weighted by atomic mass is 16.7. The van der Waals surface area contributed by atoms with E-state index in [0.717, 1.165) is 42.9 Å². The van der Waals surface area contributed by atoms with Crippen molar-refractivity contribution in [1.29, 1.82) is 0 Å². The van der Waals surface area contributed by atoms with Gasteiger partial charge in [0.2, 0.25) is 0 Å². The number of rotatable bonds is 23. The Hall–Kier alpha value is -4.04. The van der Waals surface area contributed by atoms with E-state index in [9.17, 15) is 9.59 Å². The van der Waals surface area contributed by atoms with Gasteiger partial charge in [-0.2, -0.15) is 10.2 Å². The van der Waals surface area contributed by atoms with Crippen molar-refractivity contribution in [3.05, 3.63) is 83.4 Å². The Labute approximate surface area is 287 Å². The number of hydrogen-bond acceptors (Lipinski definition) is 8. The molecule has 0 bridgehead atoms. The maximum atomic E-state index is 12.8. The van der Waals surface area contributed by atoms with Crippen molar-refractivity contribution in [2.24, 2.45) is 10.2 Å². The van der Waals surface area contributed by atoms with Gasteiger partial charge < -0.3 is 18.9 Å². The van der Waals surface area contributed by atoms with Crippen LogP contribution in [-0.4, -0.2) is 31.4 Å². The summed E-state index contributed by atoms with van der Waals surface area (Å²) in [6.07, 6.45) is 15.2. The zero-order valence-corrected chi connectivity index (χ0v) is 29.4. The molecule has 0 N–H and O–H groups in total. The number of azo groups is 1. The van der Waals surface area contributed by atoms with Crippen LogP contribution in [0.2, 0.25) is 0 Å². The van der Waals surface area contributed by atoms with E-state index >= 15 is 0 Å². The summed E-state index contributed by atoms with van der Waals surface area (Å²) in [6, 6.07) is 19.0. The second-order valence-corrected chi connectivity index (χ2v) is 12.2. The monoisotopic (exact) mass is 658 g/mol. The first-order valence-corrected chi connectivity index (χ1v) is 17.8. The number of carbonyl (C=O) groups excluding carboxylic acids is 2. The molecule has 0 aliphatic rings. The molecule has 3 aromatic carbocycles. The summed E-state index contributed by atoms with van der Waals surface area (Å²) >= 11 is 0. The van der Waals surface area contributed by atoms with E-state index in [1.807, 2.05) is 31.2 Å². The van der Waals surface area contributed by atoms with Gasteiger partial charge in [-0.3, -0.25) is 0 Å². The zero-order chi connectivity index (χ0) is 34.4. The third kappa shape index (κ3) is 14.8. The minimum absolute atomic E-state index is 0.316. The maximum Gasteiger partial charge on any atom is 0.343 e. The van der Waals surface area contributed by atoms with E-state index < -0.39 is 18.2 Å². The van der Waals surface area contributed by atoms with E-state index in [-0.39, 0.29) is 0 Å². The fraction of sp³-hybridized carbons (Fsp3) is 0.500. The normalized spacial score (nSPS) is 11.8. The average molecular weight is 659 g/mol. The van der Waals surface area contributed by atoms with Crippen LogP contribution in [0.15, 0.2) is 77.0 Å². The molecule has 1 atom stereocenters. The van der Waals surface area contributed by atoms with Gasteiger partial charge in [0.25, 0.3) is 0 Å². The van der Waals surface area contributed by atoms with Gasteiger partial charge in [-0.05, 0) is 99.0 Å². The Bertz CT molecular complexity index is 1390. The van der Waals surface area contributed by atoms with E-state index in [1.54, 1.807) is 49.4 Å². The van der Waals surface area contributed by atoms with Crippen LogP contribution in [0.5, 0.6) is 11.5 Å². The topological polar surface area (TPSA) is 95.8 Å². The summed E-state index contributed by atoms with van der Waals surface area (Å²) in [5, 5.41) is 8.67. The smallest absolute Gasteiger partial charge is 0.343 e. The van der Waals surface area contributed by atoms with Gasteiger partial charge in [-0.15, -0.1) is 0 Å². The number of benzene rings is 3. The molecule has 8 nitrogen and oxygen atoms in total. The van der Waals surface area contributed by atoms with Crippen molar-refractivity contribution >= 4 is 23.3 Å². The van der Waals surface area contributed by atoms with Crippen LogP contribution in [0, 0.1) is 6.92 Å². The van der Waals surface area contributed by atoms with Crippen LogP contribution in [-0.2, 0) is 9.47 Å². The molecular formula is C40H54N2O6. The van der Waals surface area contributed by atoms with Gasteiger partial charge in [0.1, 0.15) is 11.5 Å². The third-order valence-electron chi connectivity index (χ3n) is 7.98. The van der Waals surface area contributed by atoms with Crippen molar-refractivity contribution < 1.29 is 28.5 Å². The van der Waals surface area contributed by atoms with Crippen LogP contribution in [0.25, 0.3) is 0 Å². The predicted molar refractivity (Wildman–Crippen MR) is 191 cm³/mol. The molecule has 0 saturated heterocycles. The lowest BCUT2D eigenvalue weighted by molar-refractivity contribution is -0.0987. The molecule has 1 unspecified atom stereocenters. The van der Waals surface area contributed by atoms with Gasteiger partial charge in [-0.25, -0.2) is 9.59 Å². The number of unbranched alkanes of at least 4 members (excludes halogenated alkanes) is 11. The van der Waals surface area contributed by atoms with E-state index in [2.05, 4.69) is 24.1 Å². The molecule has 0 aliphatic heterocycles. The molecule has 260 valence electrons. The summed E-state index contributed by atoms with van der Waals surface area (Å²) < 4.78 is 22.5. The first-order chi connectivity index (χ1) is 23.4. The second-order valence-electron chi connectivity index (χ2n) is 12.2. The van der Waals surface area contributed by atoms with Gasteiger partial charge in [0.15, 0.2) is 6.29 Å². The molecule has 8 heteroatoms. The lowest BCUT2D eigenvalue weighted by atomic mass is 10.1. The molecule has 3 aromatic rings. The Morgan fingerprint density at radius 2 is 1.15 bits per heavy atom. The number of nitrogens with zero attached hydrogens (tertiary/aromatic N) is 2. The summed E-state index contributed by atoms with van der Waals surface area (Å²) in [5.74, 6) is 0.210. The van der Waals surface area contributed by atoms with Crippen molar-refractivity contribution in [1.82, 2.24) is 0 Å². The van der Waals surface area contributed by atoms with E-state index in [4.69, 9.17) is 18.9 Å². The first-order valence-electron chi connectivity index (χ1n) is 17.8. The Kier molecular flexibility index (Phi) is 18.0. The lowest BCUT2D eigenvalue weighted by Crippen LogP contribution is -2.19. The molecule has 48 heavy (non-hydrogen) atoms. The Morgan fingerprint density at radius 1 is 0.625 bits per heavy atom. The van der Waals surface area contributed by atoms with E-state index in [1.165, 1.54) is 64.2 Å². The molecule has 0 amide bonds. The molecule has 0 aliphatic carbocycles. The van der Waals surface area contributed by atoms with Crippen molar-refractivity contribution in [2.75, 3.05) is 13.2 Å². The van der Waals surface area contributed by atoms with Crippen LogP contribution >= 0.6 is 0 Å². The standard InChI is InChI=1S/C40H54N2O6/c1-5-7-9-11-12-13-15-17-29-46-37-25-22-35(23-26-37)41-42-36-24-27-38(31(3)30-36)48-40(44)34-20-18-33(19-21-34)39(43)47-32(4)45-28-16-14-10-8-6-2/h18-27,30,32H,5-17,28-29H2,1-4H3. The van der Waals surface area contributed by atoms with Crippen LogP contribution in [0.4, 0.5) is 11.4 Å². The molecule has 0 spiro atoms. The lowest BCUT2D eigenvalue weighted by Gasteiger charge is -2.14. The molecular weight excluding hydrogens is 604 g/mol. The predicted octanol–water partition coefficient (Wildman–Crippen LogP) is 11.6. The van der Waals surface area contributed by atoms with Gasteiger partial charge in [-0.1, -0.05) is 84.5 Å². The first kappa shape index (κ1) is 38.4. The SMILES string of the molecule is CCCCCCCCCCOc1ccc(N=Nc2ccc(OC(=O)c3ccc(C(=O)OC(C)OCCCCCCC)cc3)c(C)c2)cc1. The molecule has 0 aromatic heterocycles. The average Bonchev–Trinajstić information content (AvgIpc) is 3.09. The van der Waals surface area contributed by atoms with Crippen molar-refractivity contribution in [3.63, 3.8) is 0 Å². The number of esters is 2. The fourth-order valence-electron chi connectivity index (χ4n) is 5.07. The highest BCUT2D eigenvalue weighted by Crippen LogP contribution is 2.27. The molecule has 0 fully saturated rings. The maximum absolute atomic E-state index is 12.8. The summed E-state index contributed by atoms with van der Waals surface area (Å²) in [5.41, 5.74) is 2.74. The zero-order valence-electron chi connectivity index (χ0n) is 29.4. The number of aryl methyl sites for hydroxylation is 1. The minimum atomic E-state index is -0.645. The van der Waals surface area contributed by atoms with Gasteiger partial charge in [0.05, 0.1) is 35.7 Å². The number of hydrogen-bond donors (Lipinski definition) is 0. The van der Waals surface area contributed by atoms with Gasteiger partial charge in [0, 0.05) is 0 Å². The number of carbonyl (C=O) groups is 2. The van der Waals surface area contributed by atoms with Crippen molar-refractivity contribution in [2.45, 2.75) is 117 Å². The summed E-state index contributed by atoms with van der Waals surface area (Å²) in [6.45, 7) is 9.24. The second kappa shape index (κ2) is 22.5. The quantitative estimate of drug-likeness (QED) is 0.0331. The van der Waals surface area contributed by atoms with Crippen LogP contribution < -0.4 is 9.47 Å². The largest absolute Gasteiger partial charge is 0.494 e.